The van der Waals surface area contributed by atoms with Crippen LogP contribution in [0.4, 0.5) is 5.69 Å². The first kappa shape index (κ1) is 13.4. The van der Waals surface area contributed by atoms with E-state index in [4.69, 9.17) is 9.84 Å². The molecule has 0 bridgehead atoms. The second-order valence-electron chi connectivity index (χ2n) is 4.55. The van der Waals surface area contributed by atoms with E-state index in [9.17, 15) is 9.59 Å². The summed E-state index contributed by atoms with van der Waals surface area (Å²) in [4.78, 5) is 24.8. The summed E-state index contributed by atoms with van der Waals surface area (Å²) in [7, 11) is 1.52. The summed E-state index contributed by atoms with van der Waals surface area (Å²) >= 11 is 0. The van der Waals surface area contributed by atoms with E-state index < -0.39 is 5.97 Å². The van der Waals surface area contributed by atoms with Crippen LogP contribution in [0, 0.1) is 0 Å². The highest BCUT2D eigenvalue weighted by molar-refractivity contribution is 5.97. The molecule has 0 saturated carbocycles. The Labute approximate surface area is 111 Å². The number of nitrogens with zero attached hydrogens (tertiary/aromatic N) is 1. The third kappa shape index (κ3) is 2.86. The van der Waals surface area contributed by atoms with E-state index in [2.05, 4.69) is 0 Å². The third-order valence-corrected chi connectivity index (χ3v) is 3.29. The molecule has 1 fully saturated rings. The molecule has 0 radical (unpaired) electrons. The molecule has 1 aliphatic heterocycles. The van der Waals surface area contributed by atoms with Crippen LogP contribution < -0.4 is 9.64 Å². The van der Waals surface area contributed by atoms with Crippen LogP contribution in [0.15, 0.2) is 18.2 Å². The number of anilines is 1. The van der Waals surface area contributed by atoms with Gasteiger partial charge in [-0.15, -0.1) is 0 Å². The van der Waals surface area contributed by atoms with Crippen LogP contribution in [-0.4, -0.2) is 30.6 Å². The maximum atomic E-state index is 12.1. The number of aromatic carboxylic acids is 1. The lowest BCUT2D eigenvalue weighted by molar-refractivity contribution is -0.118. The fourth-order valence-electron chi connectivity index (χ4n) is 2.27. The summed E-state index contributed by atoms with van der Waals surface area (Å²) < 4.78 is 5.24. The number of methoxy groups -OCH3 is 1. The number of carbonyl (C=O) groups excluding carboxylic acids is 1. The summed E-state index contributed by atoms with van der Waals surface area (Å²) in [5.74, 6) is -0.454. The zero-order chi connectivity index (χ0) is 13.8. The van der Waals surface area contributed by atoms with Gasteiger partial charge in [-0.1, -0.05) is 6.42 Å². The Bertz CT molecular complexity index is 498. The van der Waals surface area contributed by atoms with Crippen LogP contribution in [0.5, 0.6) is 5.75 Å². The Balaban J connectivity index is 2.42. The maximum Gasteiger partial charge on any atom is 0.335 e. The molecule has 1 aliphatic rings. The van der Waals surface area contributed by atoms with Gasteiger partial charge in [0.15, 0.2) is 0 Å². The number of carbonyl (C=O) groups is 2. The van der Waals surface area contributed by atoms with E-state index in [1.807, 2.05) is 0 Å². The van der Waals surface area contributed by atoms with Crippen molar-refractivity contribution in [1.82, 2.24) is 0 Å². The highest BCUT2D eigenvalue weighted by Gasteiger charge is 2.22. The Morgan fingerprint density at radius 1 is 1.32 bits per heavy atom. The van der Waals surface area contributed by atoms with Crippen molar-refractivity contribution < 1.29 is 19.4 Å². The number of hydrogen-bond acceptors (Lipinski definition) is 3. The van der Waals surface area contributed by atoms with Crippen LogP contribution in [0.2, 0.25) is 0 Å². The fraction of sp³-hybridized carbons (Fsp3) is 0.429. The van der Waals surface area contributed by atoms with Gasteiger partial charge in [-0.05, 0) is 31.0 Å². The van der Waals surface area contributed by atoms with Gasteiger partial charge in [-0.3, -0.25) is 4.79 Å². The molecule has 1 N–H and O–H groups in total. The minimum Gasteiger partial charge on any atom is -0.495 e. The Morgan fingerprint density at radius 2 is 2.11 bits per heavy atom. The lowest BCUT2D eigenvalue weighted by atomic mass is 10.1. The minimum atomic E-state index is -1.01. The van der Waals surface area contributed by atoms with Crippen molar-refractivity contribution in [2.24, 2.45) is 0 Å². The van der Waals surface area contributed by atoms with Gasteiger partial charge < -0.3 is 14.7 Å². The number of ether oxygens (including phenoxy) is 1. The van der Waals surface area contributed by atoms with Crippen LogP contribution in [0.3, 0.4) is 0 Å². The van der Waals surface area contributed by atoms with Gasteiger partial charge in [-0.2, -0.15) is 0 Å². The molecule has 0 spiro atoms. The smallest absolute Gasteiger partial charge is 0.335 e. The summed E-state index contributed by atoms with van der Waals surface area (Å²) in [6, 6.07) is 4.58. The standard InChI is InChI=1S/C14H17NO4/c1-19-12-7-6-10(14(17)18)9-11(12)15-8-4-2-3-5-13(15)16/h6-7,9H,2-5,8H2,1H3,(H,17,18). The molecule has 1 saturated heterocycles. The van der Waals surface area contributed by atoms with Crippen LogP contribution in [0.1, 0.15) is 36.0 Å². The topological polar surface area (TPSA) is 66.8 Å². The Hall–Kier alpha value is -2.04. The average molecular weight is 263 g/mol. The van der Waals surface area contributed by atoms with Crippen molar-refractivity contribution in [3.63, 3.8) is 0 Å². The minimum absolute atomic E-state index is 0.0262. The third-order valence-electron chi connectivity index (χ3n) is 3.29. The molecule has 0 atom stereocenters. The Morgan fingerprint density at radius 3 is 2.79 bits per heavy atom. The van der Waals surface area contributed by atoms with Crippen molar-refractivity contribution in [3.8, 4) is 5.75 Å². The maximum absolute atomic E-state index is 12.1. The first-order chi connectivity index (χ1) is 9.13. The van der Waals surface area contributed by atoms with Crippen LogP contribution in [-0.2, 0) is 4.79 Å². The fourth-order valence-corrected chi connectivity index (χ4v) is 2.27. The molecule has 1 heterocycles. The second kappa shape index (κ2) is 5.73. The first-order valence-corrected chi connectivity index (χ1v) is 6.35. The molecule has 1 aromatic carbocycles. The summed E-state index contributed by atoms with van der Waals surface area (Å²) in [5, 5.41) is 9.05. The highest BCUT2D eigenvalue weighted by Crippen LogP contribution is 2.31. The molecule has 1 aromatic rings. The SMILES string of the molecule is COc1ccc(C(=O)O)cc1N1CCCCCC1=O. The number of amides is 1. The average Bonchev–Trinajstić information content (AvgIpc) is 2.62. The number of carboxylic acids is 1. The van der Waals surface area contributed by atoms with Crippen LogP contribution in [0.25, 0.3) is 0 Å². The van der Waals surface area contributed by atoms with E-state index in [1.165, 1.54) is 19.2 Å². The van der Waals surface area contributed by atoms with Crippen LogP contribution >= 0.6 is 0 Å². The zero-order valence-electron chi connectivity index (χ0n) is 10.9. The van der Waals surface area contributed by atoms with Gasteiger partial charge in [0.1, 0.15) is 5.75 Å². The summed E-state index contributed by atoms with van der Waals surface area (Å²) in [5.41, 5.74) is 0.710. The molecule has 102 valence electrons. The van der Waals surface area contributed by atoms with E-state index >= 15 is 0 Å². The molecule has 5 heteroatoms. The predicted octanol–water partition coefficient (Wildman–Crippen LogP) is 2.30. The summed E-state index contributed by atoms with van der Waals surface area (Å²) in [6.45, 7) is 0.609. The van der Waals surface area contributed by atoms with Gasteiger partial charge in [0.05, 0.1) is 18.4 Å². The van der Waals surface area contributed by atoms with Gasteiger partial charge in [0.25, 0.3) is 0 Å². The largest absolute Gasteiger partial charge is 0.495 e. The molecule has 0 unspecified atom stereocenters. The molecule has 19 heavy (non-hydrogen) atoms. The van der Waals surface area contributed by atoms with E-state index in [0.717, 1.165) is 19.3 Å². The number of benzene rings is 1. The number of carboxylic acid groups (broad SMARTS) is 1. The summed E-state index contributed by atoms with van der Waals surface area (Å²) in [6.07, 6.45) is 3.33. The quantitative estimate of drug-likeness (QED) is 0.908. The van der Waals surface area contributed by atoms with Crippen molar-refractivity contribution >= 4 is 17.6 Å². The molecule has 1 amide bonds. The van der Waals surface area contributed by atoms with Crippen molar-refractivity contribution in [3.05, 3.63) is 23.8 Å². The van der Waals surface area contributed by atoms with Gasteiger partial charge >= 0.3 is 5.97 Å². The lowest BCUT2D eigenvalue weighted by Crippen LogP contribution is -2.30. The van der Waals surface area contributed by atoms with Crippen molar-refractivity contribution in [2.75, 3.05) is 18.6 Å². The normalized spacial score (nSPS) is 16.1. The lowest BCUT2D eigenvalue weighted by Gasteiger charge is -2.23. The van der Waals surface area contributed by atoms with Gasteiger partial charge in [-0.25, -0.2) is 4.79 Å². The van der Waals surface area contributed by atoms with Gasteiger partial charge in [0, 0.05) is 13.0 Å². The first-order valence-electron chi connectivity index (χ1n) is 6.35. The molecule has 0 aliphatic carbocycles. The molecule has 5 nitrogen and oxygen atoms in total. The van der Waals surface area contributed by atoms with Crippen molar-refractivity contribution in [1.29, 1.82) is 0 Å². The van der Waals surface area contributed by atoms with Crippen molar-refractivity contribution in [2.45, 2.75) is 25.7 Å². The highest BCUT2D eigenvalue weighted by atomic mass is 16.5. The molecule has 0 aromatic heterocycles. The second-order valence-corrected chi connectivity index (χ2v) is 4.55. The van der Waals surface area contributed by atoms with Gasteiger partial charge in [0.2, 0.25) is 5.91 Å². The molecular weight excluding hydrogens is 246 g/mol. The zero-order valence-corrected chi connectivity index (χ0v) is 10.9. The monoisotopic (exact) mass is 263 g/mol. The van der Waals surface area contributed by atoms with E-state index in [1.54, 1.807) is 11.0 Å². The van der Waals surface area contributed by atoms with E-state index in [-0.39, 0.29) is 11.5 Å². The molecule has 2 rings (SSSR count). The molecular formula is C14H17NO4. The number of rotatable bonds is 3. The Kier molecular flexibility index (Phi) is 4.04. The van der Waals surface area contributed by atoms with E-state index in [0.29, 0.717) is 24.4 Å². The predicted molar refractivity (Wildman–Crippen MR) is 70.8 cm³/mol. The number of hydrogen-bond donors (Lipinski definition) is 1.